The maximum absolute atomic E-state index is 13.9. The minimum absolute atomic E-state index is 0.115. The molecule has 1 saturated heterocycles. The second-order valence-electron chi connectivity index (χ2n) is 9.77. The molecular formula is C28H25F3N6O2. The van der Waals surface area contributed by atoms with Crippen LogP contribution in [0.1, 0.15) is 28.8 Å². The van der Waals surface area contributed by atoms with Crippen molar-refractivity contribution in [3.05, 3.63) is 71.9 Å². The number of anilines is 1. The zero-order valence-electron chi connectivity index (χ0n) is 21.0. The number of amides is 1. The summed E-state index contributed by atoms with van der Waals surface area (Å²) in [6, 6.07) is 14.3. The third-order valence-corrected chi connectivity index (χ3v) is 6.96. The van der Waals surface area contributed by atoms with E-state index in [4.69, 9.17) is 4.74 Å². The lowest BCUT2D eigenvalue weighted by Crippen LogP contribution is -2.36. The van der Waals surface area contributed by atoms with Crippen molar-refractivity contribution in [3.63, 3.8) is 0 Å². The molecule has 0 bridgehead atoms. The van der Waals surface area contributed by atoms with Crippen molar-refractivity contribution in [1.29, 1.82) is 0 Å². The van der Waals surface area contributed by atoms with Gasteiger partial charge in [0.15, 0.2) is 0 Å². The van der Waals surface area contributed by atoms with Crippen LogP contribution in [0.2, 0.25) is 0 Å². The van der Waals surface area contributed by atoms with Crippen molar-refractivity contribution in [2.75, 3.05) is 25.5 Å². The van der Waals surface area contributed by atoms with Gasteiger partial charge in [-0.1, -0.05) is 12.1 Å². The number of ether oxygens (including phenoxy) is 1. The maximum atomic E-state index is 13.9. The number of aromatic nitrogens is 4. The summed E-state index contributed by atoms with van der Waals surface area (Å²) in [5.74, 6) is -0.275. The Labute approximate surface area is 221 Å². The number of piperidine rings is 1. The molecule has 3 heterocycles. The van der Waals surface area contributed by atoms with E-state index >= 15 is 0 Å². The summed E-state index contributed by atoms with van der Waals surface area (Å²) >= 11 is 0. The summed E-state index contributed by atoms with van der Waals surface area (Å²) in [6.45, 7) is 1.52. The number of carbonyl (C=O) groups excluding carboxylic acids is 1. The fraction of sp³-hybridized carbons (Fsp3) is 0.250. The predicted octanol–water partition coefficient (Wildman–Crippen LogP) is 5.85. The van der Waals surface area contributed by atoms with Crippen molar-refractivity contribution >= 4 is 33.5 Å². The van der Waals surface area contributed by atoms with Gasteiger partial charge >= 0.3 is 6.18 Å². The van der Waals surface area contributed by atoms with Gasteiger partial charge in [0.1, 0.15) is 17.7 Å². The number of nitrogens with zero attached hydrogens (tertiary/aromatic N) is 3. The molecule has 3 aromatic carbocycles. The van der Waals surface area contributed by atoms with Crippen LogP contribution in [0.5, 0.6) is 5.75 Å². The fourth-order valence-corrected chi connectivity index (χ4v) is 4.79. The van der Waals surface area contributed by atoms with Gasteiger partial charge < -0.3 is 19.9 Å². The number of imidazole rings is 1. The highest BCUT2D eigenvalue weighted by Crippen LogP contribution is 2.38. The highest BCUT2D eigenvalue weighted by atomic mass is 19.4. The summed E-state index contributed by atoms with van der Waals surface area (Å²) in [4.78, 5) is 22.9. The van der Waals surface area contributed by atoms with Crippen molar-refractivity contribution in [1.82, 2.24) is 25.1 Å². The average Bonchev–Trinajstić information content (AvgIpc) is 3.56. The first-order valence-electron chi connectivity index (χ1n) is 12.5. The molecule has 2 aromatic heterocycles. The molecule has 39 heavy (non-hydrogen) atoms. The first kappa shape index (κ1) is 24.9. The van der Waals surface area contributed by atoms with E-state index in [0.717, 1.165) is 35.6 Å². The Kier molecular flexibility index (Phi) is 6.22. The van der Waals surface area contributed by atoms with Crippen molar-refractivity contribution in [2.24, 2.45) is 0 Å². The van der Waals surface area contributed by atoms with E-state index in [1.807, 2.05) is 25.2 Å². The number of hydrogen-bond acceptors (Lipinski definition) is 5. The van der Waals surface area contributed by atoms with Crippen LogP contribution >= 0.6 is 0 Å². The van der Waals surface area contributed by atoms with Crippen LogP contribution in [0.3, 0.4) is 0 Å². The van der Waals surface area contributed by atoms with Crippen LogP contribution in [0, 0.1) is 0 Å². The topological polar surface area (TPSA) is 98.9 Å². The Morgan fingerprint density at radius 1 is 1.05 bits per heavy atom. The molecule has 8 nitrogen and oxygen atoms in total. The van der Waals surface area contributed by atoms with Crippen LogP contribution < -0.4 is 10.1 Å². The third kappa shape index (κ3) is 5.17. The second kappa shape index (κ2) is 9.73. The molecule has 3 N–H and O–H groups in total. The van der Waals surface area contributed by atoms with E-state index in [1.54, 1.807) is 24.4 Å². The number of hydrogen-bond donors (Lipinski definition) is 3. The summed E-state index contributed by atoms with van der Waals surface area (Å²) < 4.78 is 47.4. The van der Waals surface area contributed by atoms with Gasteiger partial charge in [-0.15, -0.1) is 0 Å². The number of nitrogens with one attached hydrogen (secondary N) is 3. The molecular weight excluding hydrogens is 509 g/mol. The van der Waals surface area contributed by atoms with Gasteiger partial charge in [0.05, 0.1) is 28.3 Å². The van der Waals surface area contributed by atoms with Gasteiger partial charge in [0.25, 0.3) is 5.91 Å². The maximum Gasteiger partial charge on any atom is 0.419 e. The summed E-state index contributed by atoms with van der Waals surface area (Å²) in [6.07, 6.45) is -1.94. The summed E-state index contributed by atoms with van der Waals surface area (Å²) in [5.41, 5.74) is 2.44. The molecule has 6 rings (SSSR count). The Morgan fingerprint density at radius 2 is 1.87 bits per heavy atom. The first-order chi connectivity index (χ1) is 18.7. The summed E-state index contributed by atoms with van der Waals surface area (Å²) in [7, 11) is 1.97. The predicted molar refractivity (Wildman–Crippen MR) is 142 cm³/mol. The van der Waals surface area contributed by atoms with E-state index in [1.165, 1.54) is 12.1 Å². The SMILES string of the molecule is CN1CCC(Oc2ccc(C(=O)Nc3ccc4nc(-c5ccc6cn[nH]c6c5)[nH]c4c3)cc2C(F)(F)F)CC1. The molecule has 1 aliphatic heterocycles. The standard InChI is InChI=1S/C28H25F3N6O2/c1-37-10-8-20(9-11-37)39-25-7-4-17(12-21(25)28(29,30)31)27(38)33-19-5-6-22-24(14-19)35-26(34-22)16-2-3-18-15-32-36-23(18)13-16/h2-7,12-15,20H,8-11H2,1H3,(H,32,36)(H,33,38)(H,34,35). The van der Waals surface area contributed by atoms with Gasteiger partial charge in [-0.3, -0.25) is 9.89 Å². The number of aromatic amines is 2. The fourth-order valence-electron chi connectivity index (χ4n) is 4.79. The van der Waals surface area contributed by atoms with Crippen molar-refractivity contribution < 1.29 is 22.7 Å². The zero-order chi connectivity index (χ0) is 27.1. The molecule has 11 heteroatoms. The molecule has 0 atom stereocenters. The van der Waals surface area contributed by atoms with E-state index in [2.05, 4.69) is 30.4 Å². The summed E-state index contributed by atoms with van der Waals surface area (Å²) in [5, 5.41) is 10.6. The van der Waals surface area contributed by atoms with E-state index in [0.29, 0.717) is 35.4 Å². The van der Waals surface area contributed by atoms with Crippen LogP contribution in [-0.4, -0.2) is 57.2 Å². The minimum Gasteiger partial charge on any atom is -0.490 e. The third-order valence-electron chi connectivity index (χ3n) is 6.96. The van der Waals surface area contributed by atoms with Crippen molar-refractivity contribution in [3.8, 4) is 17.1 Å². The molecule has 0 saturated carbocycles. The smallest absolute Gasteiger partial charge is 0.419 e. The highest BCUT2D eigenvalue weighted by molar-refractivity contribution is 6.05. The largest absolute Gasteiger partial charge is 0.490 e. The van der Waals surface area contributed by atoms with Gasteiger partial charge in [-0.2, -0.15) is 18.3 Å². The number of H-pyrrole nitrogens is 2. The minimum atomic E-state index is -4.67. The molecule has 200 valence electrons. The first-order valence-corrected chi connectivity index (χ1v) is 12.5. The van der Waals surface area contributed by atoms with Crippen molar-refractivity contribution in [2.45, 2.75) is 25.1 Å². The number of carbonyl (C=O) groups is 1. The number of halogens is 3. The monoisotopic (exact) mass is 534 g/mol. The Bertz CT molecular complexity index is 1670. The number of benzene rings is 3. The second-order valence-corrected chi connectivity index (χ2v) is 9.77. The zero-order valence-corrected chi connectivity index (χ0v) is 21.0. The highest BCUT2D eigenvalue weighted by Gasteiger charge is 2.36. The number of fused-ring (bicyclic) bond motifs is 2. The average molecular weight is 535 g/mol. The van der Waals surface area contributed by atoms with Gasteiger partial charge in [0.2, 0.25) is 0 Å². The lowest BCUT2D eigenvalue weighted by atomic mass is 10.1. The molecule has 5 aromatic rings. The lowest BCUT2D eigenvalue weighted by molar-refractivity contribution is -0.139. The Hall–Kier alpha value is -4.38. The Balaban J connectivity index is 1.22. The molecule has 0 unspecified atom stereocenters. The van der Waals surface area contributed by atoms with Crippen LogP contribution in [0.25, 0.3) is 33.3 Å². The van der Waals surface area contributed by atoms with Gasteiger partial charge in [0, 0.05) is 35.3 Å². The number of likely N-dealkylation sites (tertiary alicyclic amines) is 1. The lowest BCUT2D eigenvalue weighted by Gasteiger charge is -2.30. The number of alkyl halides is 3. The molecule has 1 amide bonds. The Morgan fingerprint density at radius 3 is 2.67 bits per heavy atom. The van der Waals surface area contributed by atoms with E-state index in [9.17, 15) is 18.0 Å². The van der Waals surface area contributed by atoms with E-state index in [-0.39, 0.29) is 17.4 Å². The quantitative estimate of drug-likeness (QED) is 0.263. The van der Waals surface area contributed by atoms with E-state index < -0.39 is 17.6 Å². The van der Waals surface area contributed by atoms with Crippen LogP contribution in [-0.2, 0) is 6.18 Å². The molecule has 1 aliphatic rings. The van der Waals surface area contributed by atoms with Crippen LogP contribution in [0.15, 0.2) is 60.8 Å². The molecule has 0 spiro atoms. The molecule has 0 radical (unpaired) electrons. The van der Waals surface area contributed by atoms with Gasteiger partial charge in [-0.05, 0) is 62.4 Å². The molecule has 1 fully saturated rings. The number of rotatable bonds is 5. The normalized spacial score (nSPS) is 15.2. The van der Waals surface area contributed by atoms with Gasteiger partial charge in [-0.25, -0.2) is 4.98 Å². The molecule has 0 aliphatic carbocycles. The van der Waals surface area contributed by atoms with Crippen LogP contribution in [0.4, 0.5) is 18.9 Å².